The van der Waals surface area contributed by atoms with Gasteiger partial charge in [-0.25, -0.2) is 0 Å². The summed E-state index contributed by atoms with van der Waals surface area (Å²) < 4.78 is 38.2. The minimum Gasteiger partial charge on any atom is -0.382 e. The quantitative estimate of drug-likeness (QED) is 0.862. The van der Waals surface area contributed by atoms with E-state index in [2.05, 4.69) is 31.4 Å². The standard InChI is InChI=1S/C12H8BrF3N4O/c13-7-2-1-6(12(14,15)16)5-9(7)18-11(21)8-3-4-10(17)20-19-8/h1-5H,(H2,17,20)(H,18,21). The summed E-state index contributed by atoms with van der Waals surface area (Å²) in [7, 11) is 0. The third kappa shape index (κ3) is 3.69. The van der Waals surface area contributed by atoms with E-state index >= 15 is 0 Å². The number of amides is 1. The number of alkyl halides is 3. The Labute approximate surface area is 125 Å². The first-order chi connectivity index (χ1) is 9.77. The lowest BCUT2D eigenvalue weighted by Gasteiger charge is -2.11. The number of hydrogen-bond acceptors (Lipinski definition) is 4. The topological polar surface area (TPSA) is 80.9 Å². The Hall–Kier alpha value is -2.16. The molecule has 0 radical (unpaired) electrons. The van der Waals surface area contributed by atoms with Gasteiger partial charge in [0.25, 0.3) is 5.91 Å². The average molecular weight is 361 g/mol. The van der Waals surface area contributed by atoms with Crippen molar-refractivity contribution in [3.63, 3.8) is 0 Å². The third-order valence-electron chi connectivity index (χ3n) is 2.46. The molecule has 0 unspecified atom stereocenters. The van der Waals surface area contributed by atoms with Gasteiger partial charge in [0.05, 0.1) is 11.3 Å². The second-order valence-electron chi connectivity index (χ2n) is 3.99. The average Bonchev–Trinajstić information content (AvgIpc) is 2.40. The number of hydrogen-bond donors (Lipinski definition) is 2. The van der Waals surface area contributed by atoms with Gasteiger partial charge in [-0.1, -0.05) is 0 Å². The highest BCUT2D eigenvalue weighted by atomic mass is 79.9. The number of anilines is 2. The molecule has 1 heterocycles. The Morgan fingerprint density at radius 1 is 1.19 bits per heavy atom. The van der Waals surface area contributed by atoms with Gasteiger partial charge in [0, 0.05) is 4.47 Å². The monoisotopic (exact) mass is 360 g/mol. The lowest BCUT2D eigenvalue weighted by Crippen LogP contribution is -2.16. The zero-order chi connectivity index (χ0) is 15.6. The second-order valence-corrected chi connectivity index (χ2v) is 4.84. The molecule has 1 aromatic heterocycles. The number of halogens is 4. The molecule has 3 N–H and O–H groups in total. The Kier molecular flexibility index (Phi) is 4.12. The molecule has 5 nitrogen and oxygen atoms in total. The first-order valence-electron chi connectivity index (χ1n) is 5.54. The van der Waals surface area contributed by atoms with Crippen LogP contribution in [0.25, 0.3) is 0 Å². The first-order valence-corrected chi connectivity index (χ1v) is 6.34. The van der Waals surface area contributed by atoms with Gasteiger partial charge in [-0.3, -0.25) is 4.79 Å². The molecule has 0 saturated heterocycles. The third-order valence-corrected chi connectivity index (χ3v) is 3.15. The molecular weight excluding hydrogens is 353 g/mol. The Bertz CT molecular complexity index is 673. The van der Waals surface area contributed by atoms with E-state index in [1.165, 1.54) is 18.2 Å². The Morgan fingerprint density at radius 2 is 1.90 bits per heavy atom. The highest BCUT2D eigenvalue weighted by molar-refractivity contribution is 9.10. The fraction of sp³-hybridized carbons (Fsp3) is 0.0833. The normalized spacial score (nSPS) is 11.2. The van der Waals surface area contributed by atoms with Gasteiger partial charge < -0.3 is 11.1 Å². The summed E-state index contributed by atoms with van der Waals surface area (Å²) in [5.41, 5.74) is 4.38. The lowest BCUT2D eigenvalue weighted by atomic mass is 10.2. The highest BCUT2D eigenvalue weighted by Crippen LogP contribution is 2.34. The van der Waals surface area contributed by atoms with E-state index in [0.29, 0.717) is 4.47 Å². The maximum Gasteiger partial charge on any atom is 0.416 e. The number of aromatic nitrogens is 2. The molecule has 0 bridgehead atoms. The number of carbonyl (C=O) groups is 1. The number of rotatable bonds is 2. The number of nitrogens with zero attached hydrogens (tertiary/aromatic N) is 2. The molecule has 9 heteroatoms. The van der Waals surface area contributed by atoms with E-state index in [4.69, 9.17) is 5.73 Å². The summed E-state index contributed by atoms with van der Waals surface area (Å²) >= 11 is 3.07. The van der Waals surface area contributed by atoms with Crippen LogP contribution in [0.1, 0.15) is 16.1 Å². The van der Waals surface area contributed by atoms with Crippen molar-refractivity contribution in [3.05, 3.63) is 46.1 Å². The van der Waals surface area contributed by atoms with E-state index in [1.807, 2.05) is 0 Å². The molecule has 21 heavy (non-hydrogen) atoms. The smallest absolute Gasteiger partial charge is 0.382 e. The van der Waals surface area contributed by atoms with Crippen LogP contribution in [0, 0.1) is 0 Å². The largest absolute Gasteiger partial charge is 0.416 e. The molecule has 1 amide bonds. The Morgan fingerprint density at radius 3 is 2.48 bits per heavy atom. The molecule has 110 valence electrons. The van der Waals surface area contributed by atoms with Gasteiger partial charge in [-0.05, 0) is 46.3 Å². The van der Waals surface area contributed by atoms with E-state index < -0.39 is 17.6 Å². The molecular formula is C12H8BrF3N4O. The lowest BCUT2D eigenvalue weighted by molar-refractivity contribution is -0.137. The maximum absolute atomic E-state index is 12.6. The van der Waals surface area contributed by atoms with Crippen LogP contribution < -0.4 is 11.1 Å². The van der Waals surface area contributed by atoms with Crippen LogP contribution >= 0.6 is 15.9 Å². The molecule has 0 saturated carbocycles. The van der Waals surface area contributed by atoms with Gasteiger partial charge in [-0.2, -0.15) is 13.2 Å². The van der Waals surface area contributed by atoms with Crippen molar-refractivity contribution in [2.75, 3.05) is 11.1 Å². The van der Waals surface area contributed by atoms with E-state index in [0.717, 1.165) is 12.1 Å². The van der Waals surface area contributed by atoms with Crippen molar-refractivity contribution in [1.82, 2.24) is 10.2 Å². The summed E-state index contributed by atoms with van der Waals surface area (Å²) in [4.78, 5) is 11.9. The summed E-state index contributed by atoms with van der Waals surface area (Å²) in [5.74, 6) is -0.561. The first kappa shape index (κ1) is 15.2. The van der Waals surface area contributed by atoms with Gasteiger partial charge in [-0.15, -0.1) is 10.2 Å². The predicted octanol–water partition coefficient (Wildman–Crippen LogP) is 3.09. The molecule has 0 fully saturated rings. The number of nitrogens with one attached hydrogen (secondary N) is 1. The zero-order valence-electron chi connectivity index (χ0n) is 10.3. The predicted molar refractivity (Wildman–Crippen MR) is 73.5 cm³/mol. The zero-order valence-corrected chi connectivity index (χ0v) is 11.9. The molecule has 2 aromatic rings. The fourth-order valence-electron chi connectivity index (χ4n) is 1.45. The van der Waals surface area contributed by atoms with Crippen LogP contribution in [0.15, 0.2) is 34.8 Å². The number of nitrogens with two attached hydrogens (primary N) is 1. The van der Waals surface area contributed by atoms with Crippen LogP contribution in [0.2, 0.25) is 0 Å². The summed E-state index contributed by atoms with van der Waals surface area (Å²) in [5, 5.41) is 9.38. The van der Waals surface area contributed by atoms with Gasteiger partial charge >= 0.3 is 6.18 Å². The fourth-order valence-corrected chi connectivity index (χ4v) is 1.79. The van der Waals surface area contributed by atoms with Crippen molar-refractivity contribution < 1.29 is 18.0 Å². The minimum atomic E-state index is -4.50. The summed E-state index contributed by atoms with van der Waals surface area (Å²) in [6.45, 7) is 0. The SMILES string of the molecule is Nc1ccc(C(=O)Nc2cc(C(F)(F)F)ccc2Br)nn1. The van der Waals surface area contributed by atoms with Crippen molar-refractivity contribution in [2.24, 2.45) is 0 Å². The van der Waals surface area contributed by atoms with Crippen molar-refractivity contribution in [3.8, 4) is 0 Å². The number of carbonyl (C=O) groups excluding carboxylic acids is 1. The van der Waals surface area contributed by atoms with E-state index in [9.17, 15) is 18.0 Å². The van der Waals surface area contributed by atoms with Crippen molar-refractivity contribution in [1.29, 1.82) is 0 Å². The van der Waals surface area contributed by atoms with Crippen LogP contribution in [0.5, 0.6) is 0 Å². The molecule has 0 spiro atoms. The summed E-state index contributed by atoms with van der Waals surface area (Å²) in [6.07, 6.45) is -4.50. The van der Waals surface area contributed by atoms with Crippen LogP contribution in [-0.4, -0.2) is 16.1 Å². The summed E-state index contributed by atoms with van der Waals surface area (Å²) in [6, 6.07) is 5.62. The van der Waals surface area contributed by atoms with Gasteiger partial charge in [0.15, 0.2) is 5.69 Å². The van der Waals surface area contributed by atoms with Crippen molar-refractivity contribution in [2.45, 2.75) is 6.18 Å². The molecule has 2 rings (SSSR count). The number of nitrogen functional groups attached to an aromatic ring is 1. The minimum absolute atomic E-state index is 0.0200. The Balaban J connectivity index is 2.26. The van der Waals surface area contributed by atoms with E-state index in [-0.39, 0.29) is 17.2 Å². The van der Waals surface area contributed by atoms with Crippen LogP contribution in [0.3, 0.4) is 0 Å². The number of benzene rings is 1. The maximum atomic E-state index is 12.6. The molecule has 1 aromatic carbocycles. The molecule has 0 atom stereocenters. The second kappa shape index (κ2) is 5.68. The molecule has 0 aliphatic heterocycles. The van der Waals surface area contributed by atoms with Gasteiger partial charge in [0.2, 0.25) is 0 Å². The van der Waals surface area contributed by atoms with Crippen molar-refractivity contribution >= 4 is 33.3 Å². The van der Waals surface area contributed by atoms with E-state index in [1.54, 1.807) is 0 Å². The molecule has 0 aliphatic carbocycles. The van der Waals surface area contributed by atoms with Gasteiger partial charge in [0.1, 0.15) is 5.82 Å². The van der Waals surface area contributed by atoms with Crippen LogP contribution in [-0.2, 0) is 6.18 Å². The van der Waals surface area contributed by atoms with Crippen LogP contribution in [0.4, 0.5) is 24.7 Å². The molecule has 0 aliphatic rings. The highest BCUT2D eigenvalue weighted by Gasteiger charge is 2.31.